The molecule has 0 fully saturated rings. The van der Waals surface area contributed by atoms with Crippen molar-refractivity contribution in [3.8, 4) is 0 Å². The minimum absolute atomic E-state index is 0.0649. The summed E-state index contributed by atoms with van der Waals surface area (Å²) in [6.07, 6.45) is 1.66. The predicted molar refractivity (Wildman–Crippen MR) is 74.5 cm³/mol. The van der Waals surface area contributed by atoms with Gasteiger partial charge < -0.3 is 14.6 Å². The molecule has 116 valence electrons. The number of nitrogens with zero attached hydrogens (tertiary/aromatic N) is 2. The van der Waals surface area contributed by atoms with Crippen LogP contribution in [0.5, 0.6) is 0 Å². The van der Waals surface area contributed by atoms with E-state index in [0.717, 1.165) is 0 Å². The lowest BCUT2D eigenvalue weighted by Gasteiger charge is -2.27. The van der Waals surface area contributed by atoms with Crippen molar-refractivity contribution >= 4 is 15.7 Å². The molecule has 1 aromatic heterocycles. The third kappa shape index (κ3) is 3.88. The fourth-order valence-corrected chi connectivity index (χ4v) is 3.26. The van der Waals surface area contributed by atoms with Gasteiger partial charge >= 0.3 is 0 Å². The number of hydrogen-bond acceptors (Lipinski definition) is 6. The Morgan fingerprint density at radius 1 is 1.52 bits per heavy atom. The Labute approximate surface area is 122 Å². The summed E-state index contributed by atoms with van der Waals surface area (Å²) in [6.45, 7) is 0.549. The van der Waals surface area contributed by atoms with Crippen LogP contribution in [-0.2, 0) is 32.3 Å². The molecule has 0 saturated heterocycles. The van der Waals surface area contributed by atoms with Gasteiger partial charge in [-0.1, -0.05) is 0 Å². The van der Waals surface area contributed by atoms with Crippen molar-refractivity contribution in [1.29, 1.82) is 0 Å². The number of nitrogens with one attached hydrogen (secondary N) is 1. The number of methoxy groups -OCH3 is 1. The van der Waals surface area contributed by atoms with E-state index in [9.17, 15) is 18.0 Å². The molecule has 0 bridgehead atoms. The van der Waals surface area contributed by atoms with Crippen molar-refractivity contribution in [2.45, 2.75) is 13.0 Å². The highest BCUT2D eigenvalue weighted by atomic mass is 32.2. The van der Waals surface area contributed by atoms with Crippen molar-refractivity contribution < 1.29 is 17.9 Å². The average molecular weight is 315 g/mol. The number of H-pyrrole nitrogens is 1. The van der Waals surface area contributed by atoms with Crippen LogP contribution >= 0.6 is 0 Å². The highest BCUT2D eigenvalue weighted by Crippen LogP contribution is 2.13. The summed E-state index contributed by atoms with van der Waals surface area (Å²) in [5.74, 6) is -1.20. The highest BCUT2D eigenvalue weighted by Gasteiger charge is 2.26. The second-order valence-corrected chi connectivity index (χ2v) is 6.99. The van der Waals surface area contributed by atoms with E-state index >= 15 is 0 Å². The van der Waals surface area contributed by atoms with Crippen LogP contribution in [0.25, 0.3) is 0 Å². The van der Waals surface area contributed by atoms with Gasteiger partial charge in [0.1, 0.15) is 5.75 Å². The number of aromatic nitrogens is 2. The van der Waals surface area contributed by atoms with Gasteiger partial charge in [-0.2, -0.15) is 0 Å². The van der Waals surface area contributed by atoms with Gasteiger partial charge in [0, 0.05) is 19.2 Å². The lowest BCUT2D eigenvalue weighted by Crippen LogP contribution is -2.42. The molecule has 1 N–H and O–H groups in total. The number of amides is 1. The quantitative estimate of drug-likeness (QED) is 0.724. The van der Waals surface area contributed by atoms with Gasteiger partial charge in [0.15, 0.2) is 9.84 Å². The predicted octanol–water partition coefficient (Wildman–Crippen LogP) is -1.28. The van der Waals surface area contributed by atoms with Gasteiger partial charge in [-0.25, -0.2) is 13.4 Å². The largest absolute Gasteiger partial charge is 0.384 e. The van der Waals surface area contributed by atoms with Crippen molar-refractivity contribution in [2.24, 2.45) is 0 Å². The zero-order valence-corrected chi connectivity index (χ0v) is 12.5. The number of aromatic amines is 1. The Balaban J connectivity index is 2.04. The van der Waals surface area contributed by atoms with Gasteiger partial charge in [-0.3, -0.25) is 9.59 Å². The Kier molecular flexibility index (Phi) is 4.73. The summed E-state index contributed by atoms with van der Waals surface area (Å²) in [6, 6.07) is 0. The van der Waals surface area contributed by atoms with Crippen LogP contribution in [0, 0.1) is 0 Å². The number of rotatable bonds is 5. The molecule has 8 nitrogen and oxygen atoms in total. The summed E-state index contributed by atoms with van der Waals surface area (Å²) < 4.78 is 28.2. The maximum atomic E-state index is 12.1. The molecule has 0 unspecified atom stereocenters. The Bertz CT molecular complexity index is 682. The zero-order valence-electron chi connectivity index (χ0n) is 11.7. The van der Waals surface area contributed by atoms with E-state index in [4.69, 9.17) is 4.74 Å². The third-order valence-corrected chi connectivity index (χ3v) is 4.78. The highest BCUT2D eigenvalue weighted by molar-refractivity contribution is 7.92. The van der Waals surface area contributed by atoms with Crippen molar-refractivity contribution in [2.75, 3.05) is 31.8 Å². The number of hydrogen-bond donors (Lipinski definition) is 1. The van der Waals surface area contributed by atoms with Crippen molar-refractivity contribution in [3.63, 3.8) is 0 Å². The second kappa shape index (κ2) is 6.35. The zero-order chi connectivity index (χ0) is 15.5. The molecule has 2 rings (SSSR count). The fourth-order valence-electron chi connectivity index (χ4n) is 2.14. The topological polar surface area (TPSA) is 109 Å². The maximum absolute atomic E-state index is 12.1. The summed E-state index contributed by atoms with van der Waals surface area (Å²) in [7, 11) is -2.08. The van der Waals surface area contributed by atoms with Gasteiger partial charge in [0.25, 0.3) is 5.56 Å². The lowest BCUT2D eigenvalue weighted by atomic mass is 10.1. The number of carbonyl (C=O) groups is 1. The van der Waals surface area contributed by atoms with Crippen LogP contribution in [-0.4, -0.2) is 61.0 Å². The molecule has 1 amide bonds. The van der Waals surface area contributed by atoms with Gasteiger partial charge in [-0.15, -0.1) is 0 Å². The molecule has 21 heavy (non-hydrogen) atoms. The summed E-state index contributed by atoms with van der Waals surface area (Å²) in [5.41, 5.74) is 0.872. The van der Waals surface area contributed by atoms with Crippen LogP contribution in [0.1, 0.15) is 11.3 Å². The Hall–Kier alpha value is -1.74. The number of sulfone groups is 1. The molecule has 9 heteroatoms. The minimum Gasteiger partial charge on any atom is -0.384 e. The first-order chi connectivity index (χ1) is 9.93. The van der Waals surface area contributed by atoms with E-state index in [2.05, 4.69) is 9.97 Å². The van der Waals surface area contributed by atoms with Crippen molar-refractivity contribution in [3.05, 3.63) is 27.9 Å². The van der Waals surface area contributed by atoms with Crippen LogP contribution in [0.15, 0.2) is 11.1 Å². The normalized spacial score (nSPS) is 14.8. The van der Waals surface area contributed by atoms with E-state index in [1.54, 1.807) is 0 Å². The van der Waals surface area contributed by atoms with Gasteiger partial charge in [0.05, 0.1) is 30.9 Å². The smallest absolute Gasteiger partial charge is 0.254 e. The Morgan fingerprint density at radius 2 is 2.29 bits per heavy atom. The van der Waals surface area contributed by atoms with Crippen LogP contribution in [0.2, 0.25) is 0 Å². The lowest BCUT2D eigenvalue weighted by molar-refractivity contribution is -0.129. The molecule has 1 aromatic rings. The van der Waals surface area contributed by atoms with E-state index in [0.29, 0.717) is 24.2 Å². The fraction of sp³-hybridized carbons (Fsp3) is 0.583. The molecule has 0 aromatic carbocycles. The molecule has 2 heterocycles. The van der Waals surface area contributed by atoms with E-state index in [1.807, 2.05) is 0 Å². The molecule has 0 atom stereocenters. The summed E-state index contributed by atoms with van der Waals surface area (Å²) in [4.78, 5) is 31.6. The number of fused-ring (bicyclic) bond motifs is 1. The van der Waals surface area contributed by atoms with Gasteiger partial charge in [0.2, 0.25) is 5.91 Å². The molecule has 0 saturated carbocycles. The number of carbonyl (C=O) groups excluding carboxylic acids is 1. The minimum atomic E-state index is -3.48. The maximum Gasteiger partial charge on any atom is 0.254 e. The summed E-state index contributed by atoms with van der Waals surface area (Å²) >= 11 is 0. The molecule has 0 aliphatic carbocycles. The standard InChI is InChI=1S/C12H17N3O5S/c1-20-4-5-21(18,19)7-11(16)15-3-2-9-10(6-15)13-8-14-12(9)17/h8H,2-7H2,1H3,(H,13,14,17). The monoisotopic (exact) mass is 315 g/mol. The molecule has 0 radical (unpaired) electrons. The first kappa shape index (κ1) is 15.6. The van der Waals surface area contributed by atoms with E-state index in [1.165, 1.54) is 18.3 Å². The summed E-state index contributed by atoms with van der Waals surface area (Å²) in [5, 5.41) is 0. The van der Waals surface area contributed by atoms with Crippen LogP contribution in [0.3, 0.4) is 0 Å². The van der Waals surface area contributed by atoms with E-state index in [-0.39, 0.29) is 24.5 Å². The first-order valence-corrected chi connectivity index (χ1v) is 8.27. The van der Waals surface area contributed by atoms with Crippen LogP contribution in [0.4, 0.5) is 0 Å². The molecule has 1 aliphatic heterocycles. The molecular formula is C12H17N3O5S. The van der Waals surface area contributed by atoms with Gasteiger partial charge in [-0.05, 0) is 6.42 Å². The second-order valence-electron chi connectivity index (χ2n) is 4.81. The molecule has 1 aliphatic rings. The third-order valence-electron chi connectivity index (χ3n) is 3.31. The Morgan fingerprint density at radius 3 is 3.00 bits per heavy atom. The first-order valence-electron chi connectivity index (χ1n) is 6.45. The number of ether oxygens (including phenoxy) is 1. The average Bonchev–Trinajstić information content (AvgIpc) is 2.44. The van der Waals surface area contributed by atoms with E-state index < -0.39 is 21.5 Å². The SMILES string of the molecule is COCCS(=O)(=O)CC(=O)N1CCc2c(nc[nH]c2=O)C1. The van der Waals surface area contributed by atoms with Crippen molar-refractivity contribution in [1.82, 2.24) is 14.9 Å². The molecule has 0 spiro atoms. The van der Waals surface area contributed by atoms with Crippen LogP contribution < -0.4 is 5.56 Å². The molecular weight excluding hydrogens is 298 g/mol.